The fourth-order valence-corrected chi connectivity index (χ4v) is 2.28. The van der Waals surface area contributed by atoms with Gasteiger partial charge in [-0.05, 0) is 12.8 Å². The fourth-order valence-electron chi connectivity index (χ4n) is 2.28. The lowest BCUT2D eigenvalue weighted by Gasteiger charge is -2.13. The van der Waals surface area contributed by atoms with E-state index in [1.165, 1.54) is 38.5 Å². The van der Waals surface area contributed by atoms with E-state index in [4.69, 9.17) is 9.47 Å². The number of ether oxygens (including phenoxy) is 2. The van der Waals surface area contributed by atoms with Gasteiger partial charge in [0.05, 0.1) is 6.61 Å². The van der Waals surface area contributed by atoms with Crippen molar-refractivity contribution in [3.8, 4) is 0 Å². The van der Waals surface area contributed by atoms with Crippen molar-refractivity contribution in [2.75, 3.05) is 13.2 Å². The SMILES string of the molecule is CCCCCCC1CCOC12CO2. The van der Waals surface area contributed by atoms with Gasteiger partial charge in [-0.1, -0.05) is 32.6 Å². The Hall–Kier alpha value is -0.0800. The van der Waals surface area contributed by atoms with E-state index >= 15 is 0 Å². The first-order chi connectivity index (χ1) is 6.37. The van der Waals surface area contributed by atoms with Gasteiger partial charge >= 0.3 is 0 Å². The van der Waals surface area contributed by atoms with Crippen molar-refractivity contribution in [2.24, 2.45) is 5.92 Å². The Morgan fingerprint density at radius 3 is 2.77 bits per heavy atom. The summed E-state index contributed by atoms with van der Waals surface area (Å²) in [7, 11) is 0. The molecule has 0 N–H and O–H groups in total. The van der Waals surface area contributed by atoms with E-state index in [-0.39, 0.29) is 5.79 Å². The van der Waals surface area contributed by atoms with Crippen molar-refractivity contribution in [2.45, 2.75) is 51.2 Å². The summed E-state index contributed by atoms with van der Waals surface area (Å²) in [5.74, 6) is 0.607. The van der Waals surface area contributed by atoms with Crippen LogP contribution in [0.4, 0.5) is 0 Å². The number of epoxide rings is 1. The lowest BCUT2D eigenvalue weighted by atomic mass is 9.95. The number of unbranched alkanes of at least 4 members (excludes halogenated alkanes) is 3. The van der Waals surface area contributed by atoms with Crippen LogP contribution in [-0.2, 0) is 9.47 Å². The minimum atomic E-state index is -0.0911. The summed E-state index contributed by atoms with van der Waals surface area (Å²) in [6, 6.07) is 0. The van der Waals surface area contributed by atoms with E-state index in [1.807, 2.05) is 0 Å². The van der Waals surface area contributed by atoms with Gasteiger partial charge in [0.1, 0.15) is 6.61 Å². The van der Waals surface area contributed by atoms with Crippen LogP contribution in [0.5, 0.6) is 0 Å². The standard InChI is InChI=1S/C11H20O2/c1-2-3-4-5-6-10-7-8-12-11(10)9-13-11/h10H,2-9H2,1H3. The quantitative estimate of drug-likeness (QED) is 0.484. The molecular formula is C11H20O2. The lowest BCUT2D eigenvalue weighted by Crippen LogP contribution is -2.19. The molecule has 2 aliphatic rings. The summed E-state index contributed by atoms with van der Waals surface area (Å²) in [5, 5.41) is 0. The molecule has 2 rings (SSSR count). The van der Waals surface area contributed by atoms with E-state index < -0.39 is 0 Å². The van der Waals surface area contributed by atoms with Crippen molar-refractivity contribution >= 4 is 0 Å². The van der Waals surface area contributed by atoms with Crippen LogP contribution in [0.3, 0.4) is 0 Å². The highest BCUT2D eigenvalue weighted by Gasteiger charge is 2.55. The normalized spacial score (nSPS) is 37.2. The molecular weight excluding hydrogens is 164 g/mol. The molecule has 2 atom stereocenters. The van der Waals surface area contributed by atoms with Crippen LogP contribution in [0, 0.1) is 5.92 Å². The first-order valence-corrected chi connectivity index (χ1v) is 5.65. The molecule has 0 bridgehead atoms. The highest BCUT2D eigenvalue weighted by molar-refractivity contribution is 4.93. The maximum absolute atomic E-state index is 5.60. The van der Waals surface area contributed by atoms with Gasteiger partial charge in [-0.3, -0.25) is 0 Å². The van der Waals surface area contributed by atoms with Gasteiger partial charge in [-0.2, -0.15) is 0 Å². The maximum Gasteiger partial charge on any atom is 0.195 e. The molecule has 0 aromatic rings. The Balaban J connectivity index is 1.64. The third-order valence-electron chi connectivity index (χ3n) is 3.27. The number of hydrogen-bond donors (Lipinski definition) is 0. The van der Waals surface area contributed by atoms with E-state index in [0.29, 0.717) is 5.92 Å². The molecule has 1 spiro atoms. The van der Waals surface area contributed by atoms with E-state index in [9.17, 15) is 0 Å². The van der Waals surface area contributed by atoms with Crippen molar-refractivity contribution < 1.29 is 9.47 Å². The Labute approximate surface area is 80.6 Å². The molecule has 2 nitrogen and oxygen atoms in total. The monoisotopic (exact) mass is 184 g/mol. The van der Waals surface area contributed by atoms with Gasteiger partial charge in [0.25, 0.3) is 0 Å². The third-order valence-corrected chi connectivity index (χ3v) is 3.27. The molecule has 0 aromatic heterocycles. The number of rotatable bonds is 5. The lowest BCUT2D eigenvalue weighted by molar-refractivity contribution is -0.0221. The molecule has 2 heteroatoms. The third kappa shape index (κ3) is 2.05. The summed E-state index contributed by atoms with van der Waals surface area (Å²) >= 11 is 0. The van der Waals surface area contributed by atoms with Gasteiger partial charge in [-0.15, -0.1) is 0 Å². The first kappa shape index (κ1) is 9.47. The highest BCUT2D eigenvalue weighted by Crippen LogP contribution is 2.45. The Morgan fingerprint density at radius 2 is 2.08 bits per heavy atom. The van der Waals surface area contributed by atoms with Gasteiger partial charge in [0.15, 0.2) is 5.79 Å². The molecule has 0 aromatic carbocycles. The zero-order valence-corrected chi connectivity index (χ0v) is 8.55. The molecule has 0 aliphatic carbocycles. The average Bonchev–Trinajstić information content (AvgIpc) is 2.78. The van der Waals surface area contributed by atoms with Gasteiger partial charge in [-0.25, -0.2) is 0 Å². The average molecular weight is 184 g/mol. The maximum atomic E-state index is 5.60. The van der Waals surface area contributed by atoms with Crippen LogP contribution in [0.1, 0.15) is 45.4 Å². The Kier molecular flexibility index (Phi) is 2.89. The van der Waals surface area contributed by atoms with Crippen LogP contribution < -0.4 is 0 Å². The van der Waals surface area contributed by atoms with E-state index in [0.717, 1.165) is 13.2 Å². The Bertz CT molecular complexity index is 163. The Morgan fingerprint density at radius 1 is 1.23 bits per heavy atom. The van der Waals surface area contributed by atoms with E-state index in [1.54, 1.807) is 0 Å². The second kappa shape index (κ2) is 3.97. The minimum Gasteiger partial charge on any atom is -0.347 e. The highest BCUT2D eigenvalue weighted by atomic mass is 16.8. The zero-order chi connectivity index (χ0) is 9.15. The van der Waals surface area contributed by atoms with Gasteiger partial charge in [0.2, 0.25) is 0 Å². The van der Waals surface area contributed by atoms with Gasteiger partial charge in [0, 0.05) is 5.92 Å². The fraction of sp³-hybridized carbons (Fsp3) is 1.00. The van der Waals surface area contributed by atoms with Crippen LogP contribution in [0.15, 0.2) is 0 Å². The minimum absolute atomic E-state index is 0.0911. The molecule has 76 valence electrons. The van der Waals surface area contributed by atoms with Crippen molar-refractivity contribution in [1.29, 1.82) is 0 Å². The molecule has 2 saturated heterocycles. The summed E-state index contributed by atoms with van der Waals surface area (Å²) < 4.78 is 11.0. The molecule has 2 heterocycles. The van der Waals surface area contributed by atoms with Crippen LogP contribution in [0.2, 0.25) is 0 Å². The number of hydrogen-bond acceptors (Lipinski definition) is 2. The summed E-state index contributed by atoms with van der Waals surface area (Å²) in [6.07, 6.45) is 7.95. The van der Waals surface area contributed by atoms with Gasteiger partial charge < -0.3 is 9.47 Å². The topological polar surface area (TPSA) is 21.8 Å². The molecule has 0 saturated carbocycles. The molecule has 2 unspecified atom stereocenters. The largest absolute Gasteiger partial charge is 0.347 e. The molecule has 2 fully saturated rings. The second-order valence-corrected chi connectivity index (χ2v) is 4.28. The molecule has 0 radical (unpaired) electrons. The predicted molar refractivity (Wildman–Crippen MR) is 51.5 cm³/mol. The summed E-state index contributed by atoms with van der Waals surface area (Å²) in [5.41, 5.74) is 0. The predicted octanol–water partition coefficient (Wildman–Crippen LogP) is 2.72. The van der Waals surface area contributed by atoms with E-state index in [2.05, 4.69) is 6.92 Å². The van der Waals surface area contributed by atoms with Crippen molar-refractivity contribution in [3.05, 3.63) is 0 Å². The second-order valence-electron chi connectivity index (χ2n) is 4.28. The van der Waals surface area contributed by atoms with Crippen LogP contribution >= 0.6 is 0 Å². The molecule has 2 aliphatic heterocycles. The van der Waals surface area contributed by atoms with Crippen LogP contribution in [-0.4, -0.2) is 19.0 Å². The van der Waals surface area contributed by atoms with Crippen molar-refractivity contribution in [1.82, 2.24) is 0 Å². The van der Waals surface area contributed by atoms with Crippen LogP contribution in [0.25, 0.3) is 0 Å². The summed E-state index contributed by atoms with van der Waals surface area (Å²) in [6.45, 7) is 4.02. The molecule has 13 heavy (non-hydrogen) atoms. The smallest absolute Gasteiger partial charge is 0.195 e. The van der Waals surface area contributed by atoms with Crippen molar-refractivity contribution in [3.63, 3.8) is 0 Å². The zero-order valence-electron chi connectivity index (χ0n) is 8.55. The summed E-state index contributed by atoms with van der Waals surface area (Å²) in [4.78, 5) is 0. The molecule has 0 amide bonds. The first-order valence-electron chi connectivity index (χ1n) is 5.65.